The second kappa shape index (κ2) is 7.20. The molecule has 0 atom stereocenters. The minimum atomic E-state index is -0.483. The Kier molecular flexibility index (Phi) is 5.88. The predicted octanol–water partition coefficient (Wildman–Crippen LogP) is 3.08. The van der Waals surface area contributed by atoms with Crippen LogP contribution in [0.5, 0.6) is 11.5 Å². The minimum Gasteiger partial charge on any atom is -0.493 e. The number of carbonyl (C=O) groups excluding carboxylic acids is 1. The fourth-order valence-electron chi connectivity index (χ4n) is 2.01. The van der Waals surface area contributed by atoms with Crippen LogP contribution in [0.3, 0.4) is 0 Å². The first-order valence-electron chi connectivity index (χ1n) is 6.95. The van der Waals surface area contributed by atoms with E-state index in [0.717, 1.165) is 16.9 Å². The van der Waals surface area contributed by atoms with Crippen molar-refractivity contribution in [3.8, 4) is 11.5 Å². The number of carbonyl (C=O) groups is 1. The van der Waals surface area contributed by atoms with Crippen LogP contribution in [0.25, 0.3) is 0 Å². The number of ether oxygens (including phenoxy) is 3. The second-order valence-electron chi connectivity index (χ2n) is 5.76. The Hall–Kier alpha value is -1.91. The van der Waals surface area contributed by atoms with Crippen molar-refractivity contribution >= 4 is 6.09 Å². The quantitative estimate of drug-likeness (QED) is 0.907. The van der Waals surface area contributed by atoms with Crippen molar-refractivity contribution < 1.29 is 19.0 Å². The van der Waals surface area contributed by atoms with E-state index in [2.05, 4.69) is 5.32 Å². The molecule has 0 saturated heterocycles. The molecule has 0 radical (unpaired) electrons. The summed E-state index contributed by atoms with van der Waals surface area (Å²) < 4.78 is 15.8. The van der Waals surface area contributed by atoms with E-state index >= 15 is 0 Å². The van der Waals surface area contributed by atoms with Crippen molar-refractivity contribution in [1.82, 2.24) is 5.32 Å². The van der Waals surface area contributed by atoms with Crippen LogP contribution in [0.1, 0.15) is 31.9 Å². The maximum atomic E-state index is 11.6. The van der Waals surface area contributed by atoms with Gasteiger partial charge in [-0.2, -0.15) is 0 Å². The number of amides is 1. The Balaban J connectivity index is 2.62. The first kappa shape index (κ1) is 17.1. The van der Waals surface area contributed by atoms with Gasteiger partial charge in [-0.25, -0.2) is 4.79 Å². The van der Waals surface area contributed by atoms with Crippen LogP contribution in [-0.4, -0.2) is 32.5 Å². The maximum Gasteiger partial charge on any atom is 0.407 e. The molecule has 118 valence electrons. The van der Waals surface area contributed by atoms with Crippen LogP contribution in [0.2, 0.25) is 0 Å². The molecule has 1 aromatic carbocycles. The highest BCUT2D eigenvalue weighted by atomic mass is 16.6. The van der Waals surface area contributed by atoms with Crippen molar-refractivity contribution in [2.75, 3.05) is 20.8 Å². The van der Waals surface area contributed by atoms with Crippen molar-refractivity contribution in [1.29, 1.82) is 0 Å². The average Bonchev–Trinajstić information content (AvgIpc) is 2.38. The summed E-state index contributed by atoms with van der Waals surface area (Å²) in [6.07, 6.45) is 0.298. The molecule has 5 heteroatoms. The van der Waals surface area contributed by atoms with Crippen LogP contribution in [-0.2, 0) is 11.2 Å². The Morgan fingerprint density at radius 1 is 1.19 bits per heavy atom. The zero-order valence-corrected chi connectivity index (χ0v) is 13.7. The molecule has 0 bridgehead atoms. The second-order valence-corrected chi connectivity index (χ2v) is 5.76. The highest BCUT2D eigenvalue weighted by Gasteiger charge is 2.16. The highest BCUT2D eigenvalue weighted by Crippen LogP contribution is 2.32. The Morgan fingerprint density at radius 2 is 1.86 bits per heavy atom. The fraction of sp³-hybridized carbons (Fsp3) is 0.562. The molecule has 0 fully saturated rings. The first-order chi connectivity index (χ1) is 9.78. The molecule has 0 heterocycles. The number of nitrogens with one attached hydrogen (secondary N) is 1. The molecular formula is C16H25NO4. The van der Waals surface area contributed by atoms with Crippen LogP contribution in [0.4, 0.5) is 4.79 Å². The predicted molar refractivity (Wildman–Crippen MR) is 82.2 cm³/mol. The lowest BCUT2D eigenvalue weighted by Crippen LogP contribution is -2.33. The van der Waals surface area contributed by atoms with Gasteiger partial charge in [-0.05, 0) is 51.3 Å². The normalized spacial score (nSPS) is 11.0. The number of alkyl carbamates (subject to hydrolysis) is 1. The zero-order valence-electron chi connectivity index (χ0n) is 13.7. The lowest BCUT2D eigenvalue weighted by atomic mass is 10.0. The molecule has 0 aliphatic rings. The number of benzene rings is 1. The summed E-state index contributed by atoms with van der Waals surface area (Å²) in [4.78, 5) is 11.6. The summed E-state index contributed by atoms with van der Waals surface area (Å²) in [6.45, 7) is 8.00. The largest absolute Gasteiger partial charge is 0.493 e. The van der Waals surface area contributed by atoms with Crippen LogP contribution in [0.15, 0.2) is 12.1 Å². The Bertz CT molecular complexity index is 492. The lowest BCUT2D eigenvalue weighted by Gasteiger charge is -2.20. The Labute approximate surface area is 126 Å². The number of hydrogen-bond acceptors (Lipinski definition) is 4. The van der Waals surface area contributed by atoms with Gasteiger partial charge in [0.25, 0.3) is 0 Å². The van der Waals surface area contributed by atoms with E-state index < -0.39 is 11.7 Å². The molecule has 1 N–H and O–H groups in total. The molecule has 0 spiro atoms. The highest BCUT2D eigenvalue weighted by molar-refractivity contribution is 5.67. The SMILES string of the molecule is COc1ccc(CCNC(=O)OC(C)(C)C)c(C)c1OC. The van der Waals surface area contributed by atoms with Gasteiger partial charge < -0.3 is 19.5 Å². The van der Waals surface area contributed by atoms with Crippen LogP contribution >= 0.6 is 0 Å². The van der Waals surface area contributed by atoms with Gasteiger partial charge in [-0.15, -0.1) is 0 Å². The van der Waals surface area contributed by atoms with E-state index in [0.29, 0.717) is 18.7 Å². The Morgan fingerprint density at radius 3 is 2.38 bits per heavy atom. The summed E-state index contributed by atoms with van der Waals surface area (Å²) >= 11 is 0. The van der Waals surface area contributed by atoms with Gasteiger partial charge in [0.15, 0.2) is 11.5 Å². The third kappa shape index (κ3) is 5.17. The number of hydrogen-bond donors (Lipinski definition) is 1. The summed E-state index contributed by atoms with van der Waals surface area (Å²) in [5, 5.41) is 2.75. The molecular weight excluding hydrogens is 270 g/mol. The van der Waals surface area contributed by atoms with Gasteiger partial charge in [0.2, 0.25) is 0 Å². The molecule has 0 saturated carbocycles. The van der Waals surface area contributed by atoms with E-state index in [-0.39, 0.29) is 0 Å². The average molecular weight is 295 g/mol. The van der Waals surface area contributed by atoms with E-state index in [1.54, 1.807) is 14.2 Å². The third-order valence-electron chi connectivity index (χ3n) is 2.97. The maximum absolute atomic E-state index is 11.6. The summed E-state index contributed by atoms with van der Waals surface area (Å²) in [5.41, 5.74) is 1.63. The van der Waals surface area contributed by atoms with Gasteiger partial charge in [-0.1, -0.05) is 6.07 Å². The molecule has 21 heavy (non-hydrogen) atoms. The molecule has 5 nitrogen and oxygen atoms in total. The van der Waals surface area contributed by atoms with E-state index in [1.807, 2.05) is 39.8 Å². The molecule has 0 aromatic heterocycles. The molecule has 1 amide bonds. The van der Waals surface area contributed by atoms with Crippen LogP contribution in [0, 0.1) is 6.92 Å². The number of methoxy groups -OCH3 is 2. The smallest absolute Gasteiger partial charge is 0.407 e. The molecule has 0 aliphatic heterocycles. The summed E-state index contributed by atoms with van der Waals surface area (Å²) in [7, 11) is 3.23. The molecule has 1 aromatic rings. The molecule has 1 rings (SSSR count). The van der Waals surface area contributed by atoms with Gasteiger partial charge in [0, 0.05) is 6.54 Å². The van der Waals surface area contributed by atoms with E-state index in [1.165, 1.54) is 0 Å². The standard InChI is InChI=1S/C16H25NO4/c1-11-12(7-8-13(19-5)14(11)20-6)9-10-17-15(18)21-16(2,3)4/h7-8H,9-10H2,1-6H3,(H,17,18). The van der Waals surface area contributed by atoms with Crippen molar-refractivity contribution in [3.05, 3.63) is 23.3 Å². The summed E-state index contributed by atoms with van der Waals surface area (Å²) in [6, 6.07) is 3.85. The lowest BCUT2D eigenvalue weighted by molar-refractivity contribution is 0.0528. The number of rotatable bonds is 5. The third-order valence-corrected chi connectivity index (χ3v) is 2.97. The topological polar surface area (TPSA) is 56.8 Å². The van der Waals surface area contributed by atoms with Gasteiger partial charge in [-0.3, -0.25) is 0 Å². The first-order valence-corrected chi connectivity index (χ1v) is 6.95. The van der Waals surface area contributed by atoms with Gasteiger partial charge in [0.05, 0.1) is 14.2 Å². The van der Waals surface area contributed by atoms with E-state index in [4.69, 9.17) is 14.2 Å². The van der Waals surface area contributed by atoms with Crippen LogP contribution < -0.4 is 14.8 Å². The monoisotopic (exact) mass is 295 g/mol. The minimum absolute atomic E-state index is 0.402. The van der Waals surface area contributed by atoms with E-state index in [9.17, 15) is 4.79 Å². The van der Waals surface area contributed by atoms with Gasteiger partial charge >= 0.3 is 6.09 Å². The molecule has 0 aliphatic carbocycles. The molecule has 0 unspecified atom stereocenters. The fourth-order valence-corrected chi connectivity index (χ4v) is 2.01. The van der Waals surface area contributed by atoms with Crippen molar-refractivity contribution in [2.24, 2.45) is 0 Å². The van der Waals surface area contributed by atoms with Crippen molar-refractivity contribution in [3.63, 3.8) is 0 Å². The zero-order chi connectivity index (χ0) is 16.0. The summed E-state index contributed by atoms with van der Waals surface area (Å²) in [5.74, 6) is 1.44. The van der Waals surface area contributed by atoms with Gasteiger partial charge in [0.1, 0.15) is 5.60 Å². The van der Waals surface area contributed by atoms with Crippen molar-refractivity contribution in [2.45, 2.75) is 39.7 Å².